The van der Waals surface area contributed by atoms with E-state index in [1.54, 1.807) is 0 Å². The van der Waals surface area contributed by atoms with Crippen molar-refractivity contribution in [3.63, 3.8) is 0 Å². The number of phosphoric ester groups is 2. The highest BCUT2D eigenvalue weighted by Gasteiger charge is 2.30. The molecule has 97 heavy (non-hydrogen) atoms. The van der Waals surface area contributed by atoms with Gasteiger partial charge in [-0.1, -0.05) is 344 Å². The Morgan fingerprint density at radius 3 is 0.732 bits per heavy atom. The molecular weight excluding hydrogens is 1270 g/mol. The molecule has 0 bridgehead atoms. The van der Waals surface area contributed by atoms with E-state index >= 15 is 0 Å². The van der Waals surface area contributed by atoms with Crippen LogP contribution in [0.3, 0.4) is 0 Å². The molecule has 0 aliphatic heterocycles. The third kappa shape index (κ3) is 70.9. The Kier molecular flexibility index (Phi) is 65.9. The third-order valence-corrected chi connectivity index (χ3v) is 20.3. The number of carbonyl (C=O) groups is 4. The maximum Gasteiger partial charge on any atom is 0.472 e. The highest BCUT2D eigenvalue weighted by atomic mass is 31.2. The van der Waals surface area contributed by atoms with E-state index in [-0.39, 0.29) is 25.7 Å². The summed E-state index contributed by atoms with van der Waals surface area (Å²) in [5.41, 5.74) is 0. The predicted octanol–water partition coefficient (Wildman–Crippen LogP) is 22.8. The summed E-state index contributed by atoms with van der Waals surface area (Å²) >= 11 is 0. The second kappa shape index (κ2) is 67.2. The fourth-order valence-electron chi connectivity index (χ4n) is 11.9. The number of rotatable bonds is 75. The zero-order valence-electron chi connectivity index (χ0n) is 63.7. The molecule has 0 aliphatic rings. The molecule has 576 valence electrons. The van der Waals surface area contributed by atoms with Gasteiger partial charge >= 0.3 is 39.5 Å². The monoisotopic (exact) mass is 1420 g/mol. The Hall–Kier alpha value is -1.94. The molecule has 0 saturated carbocycles. The van der Waals surface area contributed by atoms with Crippen LogP contribution in [-0.4, -0.2) is 96.7 Å². The van der Waals surface area contributed by atoms with Crippen LogP contribution in [0, 0.1) is 23.7 Å². The maximum atomic E-state index is 13.1. The Morgan fingerprint density at radius 1 is 0.289 bits per heavy atom. The minimum Gasteiger partial charge on any atom is -0.462 e. The van der Waals surface area contributed by atoms with Crippen molar-refractivity contribution in [2.75, 3.05) is 39.6 Å². The second-order valence-electron chi connectivity index (χ2n) is 29.8. The molecule has 0 rings (SSSR count). The van der Waals surface area contributed by atoms with Crippen LogP contribution in [0.15, 0.2) is 0 Å². The van der Waals surface area contributed by atoms with Gasteiger partial charge in [0.15, 0.2) is 12.2 Å². The molecule has 19 heteroatoms. The summed E-state index contributed by atoms with van der Waals surface area (Å²) < 4.78 is 68.6. The molecule has 0 saturated heterocycles. The standard InChI is InChI=1S/C78H152O17P2/c1-9-71(8)57-49-41-32-26-20-12-10-11-13-21-27-33-42-50-58-75(80)88-64-73(94-77(82)60-52-44-34-28-22-16-14-18-24-30-38-46-54-68(2)3)66-92-96(84,85)90-62-72(79)63-91-97(86,87)93-67-74(65-89-76(81)59-51-43-37-36-40-48-56-70(6)7)95-78(83)61-53-45-35-29-23-17-15-19-25-31-39-47-55-69(4)5/h68-74,79H,9-67H2,1-8H3,(H,84,85)(H,86,87)/t71?,72-,73-,74-/m1/s1. The van der Waals surface area contributed by atoms with E-state index in [2.05, 4.69) is 55.4 Å². The Morgan fingerprint density at radius 2 is 0.495 bits per heavy atom. The molecule has 0 heterocycles. The molecule has 0 aromatic carbocycles. The van der Waals surface area contributed by atoms with Crippen LogP contribution in [0.1, 0.15) is 396 Å². The van der Waals surface area contributed by atoms with Crippen molar-refractivity contribution >= 4 is 39.5 Å². The molecule has 0 spiro atoms. The van der Waals surface area contributed by atoms with Gasteiger partial charge in [0.05, 0.1) is 26.4 Å². The number of ether oxygens (including phenoxy) is 4. The number of unbranched alkanes of at least 4 members (excludes halogenated alkanes) is 40. The zero-order valence-corrected chi connectivity index (χ0v) is 65.5. The molecule has 3 N–H and O–H groups in total. The number of hydrogen-bond acceptors (Lipinski definition) is 15. The minimum atomic E-state index is -4.96. The lowest BCUT2D eigenvalue weighted by Gasteiger charge is -2.21. The molecule has 0 aliphatic carbocycles. The minimum absolute atomic E-state index is 0.105. The van der Waals surface area contributed by atoms with Gasteiger partial charge in [0, 0.05) is 25.7 Å². The number of carbonyl (C=O) groups excluding carboxylic acids is 4. The third-order valence-electron chi connectivity index (χ3n) is 18.4. The van der Waals surface area contributed by atoms with E-state index in [4.69, 9.17) is 37.0 Å². The first kappa shape index (κ1) is 95.1. The molecule has 3 unspecified atom stereocenters. The molecule has 0 aromatic rings. The zero-order chi connectivity index (χ0) is 71.7. The molecule has 0 aromatic heterocycles. The van der Waals surface area contributed by atoms with Crippen LogP contribution < -0.4 is 0 Å². The molecule has 0 fully saturated rings. The van der Waals surface area contributed by atoms with Gasteiger partial charge in [0.25, 0.3) is 0 Å². The normalized spacial score (nSPS) is 14.4. The maximum absolute atomic E-state index is 13.1. The average molecular weight is 1420 g/mol. The van der Waals surface area contributed by atoms with Crippen molar-refractivity contribution in [2.24, 2.45) is 23.7 Å². The topological polar surface area (TPSA) is 237 Å². The van der Waals surface area contributed by atoms with Gasteiger partial charge in [-0.25, -0.2) is 9.13 Å². The number of aliphatic hydroxyl groups excluding tert-OH is 1. The van der Waals surface area contributed by atoms with Crippen LogP contribution in [0.4, 0.5) is 0 Å². The quantitative estimate of drug-likeness (QED) is 0.0222. The smallest absolute Gasteiger partial charge is 0.462 e. The van der Waals surface area contributed by atoms with E-state index in [1.807, 2.05) is 0 Å². The summed E-state index contributed by atoms with van der Waals surface area (Å²) in [7, 11) is -9.92. The summed E-state index contributed by atoms with van der Waals surface area (Å²) in [6, 6.07) is 0. The van der Waals surface area contributed by atoms with Gasteiger partial charge in [-0.3, -0.25) is 37.3 Å². The molecule has 0 amide bonds. The average Bonchev–Trinajstić information content (AvgIpc) is 1.28. The lowest BCUT2D eigenvalue weighted by atomic mass is 9.99. The summed E-state index contributed by atoms with van der Waals surface area (Å²) in [4.78, 5) is 72.9. The summed E-state index contributed by atoms with van der Waals surface area (Å²) in [6.07, 6.45) is 52.8. The van der Waals surface area contributed by atoms with E-state index < -0.39 is 97.5 Å². The van der Waals surface area contributed by atoms with Gasteiger partial charge in [-0.05, 0) is 49.4 Å². The van der Waals surface area contributed by atoms with Crippen molar-refractivity contribution in [1.29, 1.82) is 0 Å². The predicted molar refractivity (Wildman–Crippen MR) is 395 cm³/mol. The van der Waals surface area contributed by atoms with Crippen molar-refractivity contribution in [3.05, 3.63) is 0 Å². The van der Waals surface area contributed by atoms with E-state index in [0.29, 0.717) is 31.6 Å². The molecule has 17 nitrogen and oxygen atoms in total. The van der Waals surface area contributed by atoms with Crippen molar-refractivity contribution < 1.29 is 80.2 Å². The largest absolute Gasteiger partial charge is 0.472 e. The first-order valence-electron chi connectivity index (χ1n) is 40.2. The van der Waals surface area contributed by atoms with Crippen molar-refractivity contribution in [1.82, 2.24) is 0 Å². The second-order valence-corrected chi connectivity index (χ2v) is 32.7. The van der Waals surface area contributed by atoms with Gasteiger partial charge in [-0.15, -0.1) is 0 Å². The van der Waals surface area contributed by atoms with E-state index in [1.165, 1.54) is 193 Å². The SMILES string of the molecule is CCC(C)CCCCCCCCCCCCCCCCC(=O)OC[C@H](COP(=O)(O)OC[C@@H](O)COP(=O)(O)OC[C@@H](COC(=O)CCCCCCCCC(C)C)OC(=O)CCCCCCCCCCCCCCC(C)C)OC(=O)CCCCCCCCCCCCCCC(C)C. The van der Waals surface area contributed by atoms with E-state index in [0.717, 1.165) is 114 Å². The van der Waals surface area contributed by atoms with Crippen LogP contribution >= 0.6 is 15.6 Å². The number of esters is 4. The van der Waals surface area contributed by atoms with Gasteiger partial charge in [0.2, 0.25) is 0 Å². The fraction of sp³-hybridized carbons (Fsp3) is 0.949. The first-order chi connectivity index (χ1) is 46.6. The Labute approximate surface area is 594 Å². The Bertz CT molecular complexity index is 1900. The molecule has 6 atom stereocenters. The summed E-state index contributed by atoms with van der Waals surface area (Å²) in [5.74, 6) is 0.963. The lowest BCUT2D eigenvalue weighted by Crippen LogP contribution is -2.30. The van der Waals surface area contributed by atoms with E-state index in [9.17, 15) is 43.2 Å². The molecular formula is C78H152O17P2. The number of phosphoric acid groups is 2. The van der Waals surface area contributed by atoms with Gasteiger partial charge in [-0.2, -0.15) is 0 Å². The van der Waals surface area contributed by atoms with Crippen LogP contribution in [-0.2, 0) is 65.4 Å². The lowest BCUT2D eigenvalue weighted by molar-refractivity contribution is -0.161. The number of hydrogen-bond donors (Lipinski definition) is 3. The van der Waals surface area contributed by atoms with Crippen LogP contribution in [0.25, 0.3) is 0 Å². The fourth-order valence-corrected chi connectivity index (χ4v) is 13.5. The van der Waals surface area contributed by atoms with Crippen molar-refractivity contribution in [2.45, 2.75) is 414 Å². The van der Waals surface area contributed by atoms with Gasteiger partial charge in [0.1, 0.15) is 19.3 Å². The van der Waals surface area contributed by atoms with Gasteiger partial charge < -0.3 is 33.8 Å². The summed E-state index contributed by atoms with van der Waals surface area (Å²) in [6.45, 7) is 14.2. The summed E-state index contributed by atoms with van der Waals surface area (Å²) in [5, 5.41) is 10.6. The number of aliphatic hydroxyl groups is 1. The molecule has 0 radical (unpaired) electrons. The van der Waals surface area contributed by atoms with Crippen molar-refractivity contribution in [3.8, 4) is 0 Å². The van der Waals surface area contributed by atoms with Crippen LogP contribution in [0.5, 0.6) is 0 Å². The highest BCUT2D eigenvalue weighted by molar-refractivity contribution is 7.47. The van der Waals surface area contributed by atoms with Crippen LogP contribution in [0.2, 0.25) is 0 Å². The highest BCUT2D eigenvalue weighted by Crippen LogP contribution is 2.45. The Balaban J connectivity index is 5.23. The first-order valence-corrected chi connectivity index (χ1v) is 43.2.